The van der Waals surface area contributed by atoms with Gasteiger partial charge in [-0.25, -0.2) is 16.8 Å². The van der Waals surface area contributed by atoms with Gasteiger partial charge in [-0.2, -0.15) is 0 Å². The standard InChI is InChI=1S/C22H16Cl2N2O5S3/c23-18-13-20(21(14-19(18)24)26-34(29,30)22-7-4-12-32-22)25-33(27,28)17-10-8-16(9-11-17)31-15-5-2-1-3-6-15/h1-14,25-26H. The number of para-hydroxylation sites is 1. The zero-order valence-corrected chi connectivity index (χ0v) is 21.1. The molecule has 0 saturated heterocycles. The molecule has 0 spiro atoms. The smallest absolute Gasteiger partial charge is 0.271 e. The summed E-state index contributed by atoms with van der Waals surface area (Å²) in [6.07, 6.45) is 0. The topological polar surface area (TPSA) is 102 Å². The minimum atomic E-state index is -4.10. The van der Waals surface area contributed by atoms with Crippen molar-refractivity contribution in [2.45, 2.75) is 9.10 Å². The van der Waals surface area contributed by atoms with Crippen LogP contribution in [0.25, 0.3) is 0 Å². The van der Waals surface area contributed by atoms with Crippen LogP contribution in [0.2, 0.25) is 10.0 Å². The SMILES string of the molecule is O=S(=O)(Nc1cc(Cl)c(Cl)cc1NS(=O)(=O)c1cccs1)c1ccc(Oc2ccccc2)cc1. The minimum Gasteiger partial charge on any atom is -0.457 e. The fourth-order valence-corrected chi connectivity index (χ4v) is 6.30. The summed E-state index contributed by atoms with van der Waals surface area (Å²) in [5, 5.41) is 1.71. The normalized spacial score (nSPS) is 11.7. The lowest BCUT2D eigenvalue weighted by Crippen LogP contribution is -2.17. The first-order chi connectivity index (χ1) is 16.1. The molecule has 0 radical (unpaired) electrons. The van der Waals surface area contributed by atoms with Gasteiger partial charge in [0.15, 0.2) is 0 Å². The van der Waals surface area contributed by atoms with Crippen LogP contribution in [-0.4, -0.2) is 16.8 Å². The number of sulfonamides is 2. The summed E-state index contributed by atoms with van der Waals surface area (Å²) in [4.78, 5) is -0.0638. The van der Waals surface area contributed by atoms with Gasteiger partial charge in [0.2, 0.25) is 0 Å². The van der Waals surface area contributed by atoms with E-state index in [1.54, 1.807) is 23.6 Å². The summed E-state index contributed by atoms with van der Waals surface area (Å²) in [6.45, 7) is 0. The molecule has 4 aromatic rings. The van der Waals surface area contributed by atoms with E-state index in [1.165, 1.54) is 42.5 Å². The number of hydrogen-bond acceptors (Lipinski definition) is 6. The summed E-state index contributed by atoms with van der Waals surface area (Å²) in [5.41, 5.74) is -0.158. The van der Waals surface area contributed by atoms with E-state index in [2.05, 4.69) is 9.44 Å². The van der Waals surface area contributed by atoms with Crippen molar-refractivity contribution in [3.8, 4) is 11.5 Å². The van der Waals surface area contributed by atoms with Crippen LogP contribution in [0.3, 0.4) is 0 Å². The molecule has 0 aliphatic heterocycles. The molecule has 34 heavy (non-hydrogen) atoms. The second-order valence-corrected chi connectivity index (χ2v) is 12.2. The fraction of sp³-hybridized carbons (Fsp3) is 0. The maximum atomic E-state index is 13.0. The van der Waals surface area contributed by atoms with Crippen LogP contribution in [0.5, 0.6) is 11.5 Å². The number of hydrogen-bond donors (Lipinski definition) is 2. The summed E-state index contributed by atoms with van der Waals surface area (Å²) in [7, 11) is -8.07. The van der Waals surface area contributed by atoms with Crippen LogP contribution >= 0.6 is 34.5 Å². The van der Waals surface area contributed by atoms with Gasteiger partial charge in [0, 0.05) is 0 Å². The Morgan fingerprint density at radius 1 is 0.676 bits per heavy atom. The van der Waals surface area contributed by atoms with Gasteiger partial charge in [0.05, 0.1) is 26.3 Å². The summed E-state index contributed by atoms with van der Waals surface area (Å²) >= 11 is 13.1. The van der Waals surface area contributed by atoms with Crippen LogP contribution in [-0.2, 0) is 20.0 Å². The summed E-state index contributed by atoms with van der Waals surface area (Å²) in [6, 6.07) is 20.3. The number of halogens is 2. The highest BCUT2D eigenvalue weighted by molar-refractivity contribution is 7.94. The Bertz CT molecular complexity index is 1510. The Labute approximate surface area is 211 Å². The van der Waals surface area contributed by atoms with Gasteiger partial charge in [-0.1, -0.05) is 47.5 Å². The Morgan fingerprint density at radius 2 is 1.24 bits per heavy atom. The lowest BCUT2D eigenvalue weighted by molar-refractivity contribution is 0.482. The van der Waals surface area contributed by atoms with E-state index in [0.717, 1.165) is 11.3 Å². The largest absolute Gasteiger partial charge is 0.457 e. The van der Waals surface area contributed by atoms with E-state index < -0.39 is 20.0 Å². The highest BCUT2D eigenvalue weighted by atomic mass is 35.5. The van der Waals surface area contributed by atoms with Crippen LogP contribution in [0.4, 0.5) is 11.4 Å². The van der Waals surface area contributed by atoms with E-state index in [-0.39, 0.29) is 30.5 Å². The van der Waals surface area contributed by atoms with Gasteiger partial charge >= 0.3 is 0 Å². The molecule has 0 saturated carbocycles. The predicted molar refractivity (Wildman–Crippen MR) is 135 cm³/mol. The van der Waals surface area contributed by atoms with Gasteiger partial charge in [0.25, 0.3) is 20.0 Å². The maximum Gasteiger partial charge on any atom is 0.271 e. The molecule has 0 amide bonds. The summed E-state index contributed by atoms with van der Waals surface area (Å²) in [5.74, 6) is 1.05. The molecule has 4 rings (SSSR count). The van der Waals surface area contributed by atoms with Crippen molar-refractivity contribution in [2.75, 3.05) is 9.44 Å². The fourth-order valence-electron chi connectivity index (χ4n) is 2.84. The van der Waals surface area contributed by atoms with Gasteiger partial charge in [-0.3, -0.25) is 9.44 Å². The zero-order valence-electron chi connectivity index (χ0n) is 17.1. The van der Waals surface area contributed by atoms with E-state index in [1.807, 2.05) is 18.2 Å². The van der Waals surface area contributed by atoms with E-state index in [0.29, 0.717) is 11.5 Å². The third-order valence-electron chi connectivity index (χ3n) is 4.42. The predicted octanol–water partition coefficient (Wildman–Crippen LogP) is 6.45. The Balaban J connectivity index is 1.60. The lowest BCUT2D eigenvalue weighted by Gasteiger charge is -2.15. The summed E-state index contributed by atoms with van der Waals surface area (Å²) < 4.78 is 61.8. The first kappa shape index (κ1) is 24.4. The Hall–Kier alpha value is -2.76. The second-order valence-electron chi connectivity index (χ2n) is 6.84. The number of benzene rings is 3. The number of anilines is 2. The van der Waals surface area contributed by atoms with E-state index in [4.69, 9.17) is 27.9 Å². The van der Waals surface area contributed by atoms with Crippen molar-refractivity contribution >= 4 is 66.0 Å². The maximum absolute atomic E-state index is 13.0. The third kappa shape index (κ3) is 5.65. The number of ether oxygens (including phenoxy) is 1. The molecule has 0 fully saturated rings. The molecule has 1 heterocycles. The number of nitrogens with one attached hydrogen (secondary N) is 2. The number of thiophene rings is 1. The van der Waals surface area contributed by atoms with Crippen molar-refractivity contribution in [3.63, 3.8) is 0 Å². The molecule has 2 N–H and O–H groups in total. The van der Waals surface area contributed by atoms with Gasteiger partial charge in [-0.05, 0) is 60.0 Å². The molecule has 7 nitrogen and oxygen atoms in total. The molecule has 176 valence electrons. The molecule has 3 aromatic carbocycles. The minimum absolute atomic E-state index is 0.0463. The molecule has 0 bridgehead atoms. The van der Waals surface area contributed by atoms with Crippen molar-refractivity contribution in [1.29, 1.82) is 0 Å². The van der Waals surface area contributed by atoms with Gasteiger partial charge < -0.3 is 4.74 Å². The van der Waals surface area contributed by atoms with Crippen LogP contribution < -0.4 is 14.2 Å². The van der Waals surface area contributed by atoms with E-state index in [9.17, 15) is 16.8 Å². The van der Waals surface area contributed by atoms with Crippen molar-refractivity contribution in [3.05, 3.63) is 94.3 Å². The Morgan fingerprint density at radius 3 is 1.79 bits per heavy atom. The Kier molecular flexibility index (Phi) is 7.06. The average molecular weight is 555 g/mol. The molecular weight excluding hydrogens is 539 g/mol. The quantitative estimate of drug-likeness (QED) is 0.260. The highest BCUT2D eigenvalue weighted by Crippen LogP contribution is 2.36. The molecule has 0 unspecified atom stereocenters. The third-order valence-corrected chi connectivity index (χ3v) is 9.29. The van der Waals surface area contributed by atoms with Gasteiger partial charge in [-0.15, -0.1) is 11.3 Å². The molecule has 0 aliphatic rings. The molecular formula is C22H16Cl2N2O5S3. The van der Waals surface area contributed by atoms with Crippen molar-refractivity contribution in [1.82, 2.24) is 0 Å². The van der Waals surface area contributed by atoms with Crippen LogP contribution in [0, 0.1) is 0 Å². The average Bonchev–Trinajstić information content (AvgIpc) is 3.34. The number of rotatable bonds is 8. The lowest BCUT2D eigenvalue weighted by atomic mass is 10.3. The first-order valence-electron chi connectivity index (χ1n) is 9.55. The van der Waals surface area contributed by atoms with Crippen LogP contribution in [0.15, 0.2) is 93.3 Å². The molecule has 1 aromatic heterocycles. The zero-order chi connectivity index (χ0) is 24.3. The second kappa shape index (κ2) is 9.85. The molecule has 12 heteroatoms. The van der Waals surface area contributed by atoms with Gasteiger partial charge in [0.1, 0.15) is 15.7 Å². The molecule has 0 atom stereocenters. The molecule has 0 aliphatic carbocycles. The van der Waals surface area contributed by atoms with Crippen LogP contribution in [0.1, 0.15) is 0 Å². The first-order valence-corrected chi connectivity index (χ1v) is 14.2. The van der Waals surface area contributed by atoms with Crippen molar-refractivity contribution in [2.24, 2.45) is 0 Å². The van der Waals surface area contributed by atoms with E-state index >= 15 is 0 Å². The van der Waals surface area contributed by atoms with Crippen molar-refractivity contribution < 1.29 is 21.6 Å². The highest BCUT2D eigenvalue weighted by Gasteiger charge is 2.22. The monoisotopic (exact) mass is 554 g/mol.